The number of hydrogen-bond acceptors (Lipinski definition) is 6. The molecule has 0 radical (unpaired) electrons. The molecule has 1 unspecified atom stereocenters. The lowest BCUT2D eigenvalue weighted by Crippen LogP contribution is -2.45. The maximum absolute atomic E-state index is 12.4. The van der Waals surface area contributed by atoms with Gasteiger partial charge >= 0.3 is 5.69 Å². The number of nitrogens with one attached hydrogen (secondary N) is 1. The van der Waals surface area contributed by atoms with Gasteiger partial charge in [-0.05, 0) is 12.8 Å². The van der Waals surface area contributed by atoms with Crippen LogP contribution in [0.3, 0.4) is 0 Å². The van der Waals surface area contributed by atoms with Crippen LogP contribution in [0.15, 0.2) is 40.4 Å². The zero-order valence-corrected chi connectivity index (χ0v) is 13.6. The minimum atomic E-state index is -0.510. The highest BCUT2D eigenvalue weighted by molar-refractivity contribution is 5.76. The normalized spacial score (nSPS) is 17.3. The van der Waals surface area contributed by atoms with Crippen molar-refractivity contribution in [3.8, 4) is 5.88 Å². The molecule has 132 valence electrons. The third-order valence-electron chi connectivity index (χ3n) is 4.04. The maximum Gasteiger partial charge on any atom is 0.328 e. The van der Waals surface area contributed by atoms with Crippen molar-refractivity contribution in [1.82, 2.24) is 24.4 Å². The third-order valence-corrected chi connectivity index (χ3v) is 4.04. The summed E-state index contributed by atoms with van der Waals surface area (Å²) >= 11 is 0. The number of aromatic nitrogens is 4. The standard InChI is InChI=1S/C16H19N5O4/c22-13-4-8-20(16(24)19-13)9-5-15(23)21-7-1-2-12(10-21)25-14-3-6-17-11-18-14/h3-4,6,8,11-12H,1-2,5,7,9-10H2,(H,19,22,24). The summed E-state index contributed by atoms with van der Waals surface area (Å²) in [7, 11) is 0. The summed E-state index contributed by atoms with van der Waals surface area (Å²) < 4.78 is 7.11. The Bertz CT molecular complexity index is 832. The fourth-order valence-corrected chi connectivity index (χ4v) is 2.77. The van der Waals surface area contributed by atoms with Crippen molar-refractivity contribution >= 4 is 5.91 Å². The lowest BCUT2D eigenvalue weighted by molar-refractivity contribution is -0.134. The highest BCUT2D eigenvalue weighted by Crippen LogP contribution is 2.16. The molecule has 2 aromatic rings. The van der Waals surface area contributed by atoms with Gasteiger partial charge in [-0.1, -0.05) is 0 Å². The molecule has 3 rings (SSSR count). The van der Waals surface area contributed by atoms with E-state index in [1.165, 1.54) is 23.2 Å². The Morgan fingerprint density at radius 2 is 2.24 bits per heavy atom. The Balaban J connectivity index is 1.54. The van der Waals surface area contributed by atoms with E-state index in [9.17, 15) is 14.4 Å². The third kappa shape index (κ3) is 4.52. The number of nitrogens with zero attached hydrogens (tertiary/aromatic N) is 4. The average Bonchev–Trinajstić information content (AvgIpc) is 2.62. The molecule has 1 N–H and O–H groups in total. The van der Waals surface area contributed by atoms with Gasteiger partial charge in [0.25, 0.3) is 5.56 Å². The fourth-order valence-electron chi connectivity index (χ4n) is 2.77. The van der Waals surface area contributed by atoms with Crippen LogP contribution in [0.5, 0.6) is 5.88 Å². The van der Waals surface area contributed by atoms with Crippen LogP contribution in [0, 0.1) is 0 Å². The van der Waals surface area contributed by atoms with Crippen molar-refractivity contribution in [2.45, 2.75) is 31.9 Å². The molecule has 9 heteroatoms. The molecule has 1 fully saturated rings. The van der Waals surface area contributed by atoms with E-state index in [0.29, 0.717) is 19.0 Å². The summed E-state index contributed by atoms with van der Waals surface area (Å²) in [5.41, 5.74) is -0.961. The first-order chi connectivity index (χ1) is 12.1. The van der Waals surface area contributed by atoms with Crippen LogP contribution in [0.1, 0.15) is 19.3 Å². The van der Waals surface area contributed by atoms with Gasteiger partial charge in [0.15, 0.2) is 0 Å². The highest BCUT2D eigenvalue weighted by atomic mass is 16.5. The van der Waals surface area contributed by atoms with Gasteiger partial charge in [-0.25, -0.2) is 14.8 Å². The number of H-pyrrole nitrogens is 1. The fraction of sp³-hybridized carbons (Fsp3) is 0.438. The van der Waals surface area contributed by atoms with E-state index in [0.717, 1.165) is 12.8 Å². The molecule has 0 spiro atoms. The van der Waals surface area contributed by atoms with Gasteiger partial charge in [0.1, 0.15) is 12.4 Å². The zero-order chi connectivity index (χ0) is 17.6. The van der Waals surface area contributed by atoms with Gasteiger partial charge in [-0.2, -0.15) is 0 Å². The van der Waals surface area contributed by atoms with Crippen LogP contribution >= 0.6 is 0 Å². The number of rotatable bonds is 5. The summed E-state index contributed by atoms with van der Waals surface area (Å²) in [6.45, 7) is 1.38. The predicted molar refractivity (Wildman–Crippen MR) is 88.2 cm³/mol. The molecule has 0 saturated carbocycles. The molecule has 3 heterocycles. The molecule has 1 amide bonds. The smallest absolute Gasteiger partial charge is 0.328 e. The Kier molecular flexibility index (Phi) is 5.22. The largest absolute Gasteiger partial charge is 0.472 e. The van der Waals surface area contributed by atoms with E-state index in [1.807, 2.05) is 0 Å². The topological polar surface area (TPSA) is 110 Å². The molecule has 2 aromatic heterocycles. The minimum absolute atomic E-state index is 0.0471. The number of aryl methyl sites for hydroxylation is 1. The second-order valence-electron chi connectivity index (χ2n) is 5.82. The van der Waals surface area contributed by atoms with Crippen LogP contribution in [-0.2, 0) is 11.3 Å². The lowest BCUT2D eigenvalue weighted by Gasteiger charge is -2.32. The van der Waals surface area contributed by atoms with Gasteiger partial charge in [-0.15, -0.1) is 0 Å². The second-order valence-corrected chi connectivity index (χ2v) is 5.82. The average molecular weight is 345 g/mol. The van der Waals surface area contributed by atoms with Crippen LogP contribution in [0.25, 0.3) is 0 Å². The number of likely N-dealkylation sites (tertiary alicyclic amines) is 1. The Labute approximate surface area is 143 Å². The second kappa shape index (κ2) is 7.73. The van der Waals surface area contributed by atoms with Crippen LogP contribution in [0.4, 0.5) is 0 Å². The first-order valence-corrected chi connectivity index (χ1v) is 8.12. The van der Waals surface area contributed by atoms with Crippen molar-refractivity contribution in [2.24, 2.45) is 0 Å². The summed E-state index contributed by atoms with van der Waals surface area (Å²) in [5.74, 6) is 0.447. The zero-order valence-electron chi connectivity index (χ0n) is 13.6. The summed E-state index contributed by atoms with van der Waals surface area (Å²) in [6, 6.07) is 2.95. The summed E-state index contributed by atoms with van der Waals surface area (Å²) in [4.78, 5) is 46.9. The lowest BCUT2D eigenvalue weighted by atomic mass is 10.1. The maximum atomic E-state index is 12.4. The van der Waals surface area contributed by atoms with E-state index in [4.69, 9.17) is 4.74 Å². The van der Waals surface area contributed by atoms with E-state index < -0.39 is 11.2 Å². The molecule has 0 aromatic carbocycles. The predicted octanol–water partition coefficient (Wildman–Crippen LogP) is -0.213. The van der Waals surface area contributed by atoms with Crippen molar-refractivity contribution in [1.29, 1.82) is 0 Å². The number of ether oxygens (including phenoxy) is 1. The van der Waals surface area contributed by atoms with Crippen LogP contribution in [0.2, 0.25) is 0 Å². The molecule has 9 nitrogen and oxygen atoms in total. The monoisotopic (exact) mass is 345 g/mol. The minimum Gasteiger partial charge on any atom is -0.472 e. The first-order valence-electron chi connectivity index (χ1n) is 8.12. The number of piperidine rings is 1. The van der Waals surface area contributed by atoms with Crippen LogP contribution in [-0.4, -0.2) is 49.5 Å². The van der Waals surface area contributed by atoms with E-state index in [2.05, 4.69) is 15.0 Å². The molecule has 1 aliphatic heterocycles. The van der Waals surface area contributed by atoms with E-state index >= 15 is 0 Å². The van der Waals surface area contributed by atoms with Gasteiger partial charge in [0.05, 0.1) is 6.54 Å². The van der Waals surface area contributed by atoms with Gasteiger partial charge < -0.3 is 14.2 Å². The first kappa shape index (κ1) is 16.9. The number of hydrogen-bond donors (Lipinski definition) is 1. The highest BCUT2D eigenvalue weighted by Gasteiger charge is 2.25. The number of carbonyl (C=O) groups excluding carboxylic acids is 1. The number of amides is 1. The molecule has 0 bridgehead atoms. The van der Waals surface area contributed by atoms with Crippen molar-refractivity contribution in [3.63, 3.8) is 0 Å². The molecular formula is C16H19N5O4. The molecule has 0 aliphatic carbocycles. The van der Waals surface area contributed by atoms with Gasteiger partial charge in [0, 0.05) is 44.0 Å². The summed E-state index contributed by atoms with van der Waals surface area (Å²) in [5, 5.41) is 0. The SMILES string of the molecule is O=C(CCn1ccc(=O)[nH]c1=O)N1CCCC(Oc2ccncn2)C1. The molecular weight excluding hydrogens is 326 g/mol. The van der Waals surface area contributed by atoms with E-state index in [-0.39, 0.29) is 25.0 Å². The molecule has 1 saturated heterocycles. The Morgan fingerprint density at radius 1 is 1.36 bits per heavy atom. The van der Waals surface area contributed by atoms with Crippen molar-refractivity contribution in [2.75, 3.05) is 13.1 Å². The van der Waals surface area contributed by atoms with Crippen molar-refractivity contribution < 1.29 is 9.53 Å². The molecule has 1 aliphatic rings. The Morgan fingerprint density at radius 3 is 3.00 bits per heavy atom. The van der Waals surface area contributed by atoms with E-state index in [1.54, 1.807) is 17.2 Å². The molecule has 25 heavy (non-hydrogen) atoms. The number of aromatic amines is 1. The van der Waals surface area contributed by atoms with Crippen molar-refractivity contribution in [3.05, 3.63) is 51.7 Å². The van der Waals surface area contributed by atoms with Gasteiger partial charge in [-0.3, -0.25) is 14.6 Å². The molecule has 1 atom stereocenters. The quantitative estimate of drug-likeness (QED) is 0.803. The van der Waals surface area contributed by atoms with Gasteiger partial charge in [0.2, 0.25) is 11.8 Å². The number of carbonyl (C=O) groups is 1. The Hall–Kier alpha value is -2.97. The van der Waals surface area contributed by atoms with Crippen LogP contribution < -0.4 is 16.0 Å². The summed E-state index contributed by atoms with van der Waals surface area (Å²) in [6.07, 6.45) is 6.20.